The molecule has 1 saturated carbocycles. The molecule has 0 aromatic heterocycles. The number of hydrogen-bond donors (Lipinski definition) is 2. The maximum Gasteiger partial charge on any atom is 0.0784 e. The smallest absolute Gasteiger partial charge is 0.0784 e. The van der Waals surface area contributed by atoms with Crippen LogP contribution < -0.4 is 5.32 Å². The van der Waals surface area contributed by atoms with E-state index in [1.807, 2.05) is 0 Å². The van der Waals surface area contributed by atoms with Crippen LogP contribution >= 0.6 is 0 Å². The lowest BCUT2D eigenvalue weighted by molar-refractivity contribution is 0.122. The normalized spacial score (nSPS) is 28.8. The van der Waals surface area contributed by atoms with Crippen LogP contribution in [-0.2, 0) is 6.42 Å². The number of anilines is 1. The Balaban J connectivity index is 1.88. The minimum Gasteiger partial charge on any atom is -0.391 e. The van der Waals surface area contributed by atoms with Gasteiger partial charge in [0.1, 0.15) is 0 Å². The number of rotatable bonds is 1. The molecule has 2 unspecified atom stereocenters. The molecule has 1 heterocycles. The highest BCUT2D eigenvalue weighted by molar-refractivity contribution is 5.60. The van der Waals surface area contributed by atoms with Crippen LogP contribution in [0.3, 0.4) is 0 Å². The first kappa shape index (κ1) is 11.1. The van der Waals surface area contributed by atoms with E-state index in [0.29, 0.717) is 5.92 Å². The van der Waals surface area contributed by atoms with Gasteiger partial charge in [0, 0.05) is 12.1 Å². The molecular weight excluding hydrogens is 210 g/mol. The van der Waals surface area contributed by atoms with E-state index in [2.05, 4.69) is 30.4 Å². The largest absolute Gasteiger partial charge is 0.391 e. The zero-order valence-electron chi connectivity index (χ0n) is 10.4. The van der Waals surface area contributed by atoms with Gasteiger partial charge in [0.15, 0.2) is 0 Å². The highest BCUT2D eigenvalue weighted by Gasteiger charge is 2.34. The summed E-state index contributed by atoms with van der Waals surface area (Å²) in [6, 6.07) is 6.63. The van der Waals surface area contributed by atoms with Gasteiger partial charge in [0.25, 0.3) is 0 Å². The van der Waals surface area contributed by atoms with E-state index < -0.39 is 0 Å². The van der Waals surface area contributed by atoms with Crippen LogP contribution in [0.5, 0.6) is 0 Å². The number of aliphatic hydroxyl groups is 1. The van der Waals surface area contributed by atoms with E-state index >= 15 is 0 Å². The van der Waals surface area contributed by atoms with Crippen molar-refractivity contribution in [2.45, 2.75) is 51.2 Å². The van der Waals surface area contributed by atoms with Crippen molar-refractivity contribution in [3.8, 4) is 0 Å². The van der Waals surface area contributed by atoms with Gasteiger partial charge in [-0.15, -0.1) is 0 Å². The Hall–Kier alpha value is -1.02. The number of para-hydroxylation sites is 1. The van der Waals surface area contributed by atoms with Gasteiger partial charge in [-0.25, -0.2) is 0 Å². The quantitative estimate of drug-likeness (QED) is 0.779. The first-order valence-corrected chi connectivity index (χ1v) is 6.79. The highest BCUT2D eigenvalue weighted by atomic mass is 16.3. The number of benzene rings is 1. The van der Waals surface area contributed by atoms with Gasteiger partial charge >= 0.3 is 0 Å². The average Bonchev–Trinajstić information content (AvgIpc) is 2.82. The van der Waals surface area contributed by atoms with Gasteiger partial charge in [0.05, 0.1) is 12.1 Å². The highest BCUT2D eigenvalue weighted by Crippen LogP contribution is 2.36. The van der Waals surface area contributed by atoms with Crippen LogP contribution in [0.2, 0.25) is 0 Å². The molecule has 1 aliphatic carbocycles. The van der Waals surface area contributed by atoms with Crippen molar-refractivity contribution in [3.63, 3.8) is 0 Å². The van der Waals surface area contributed by atoms with Crippen LogP contribution in [0.1, 0.15) is 36.8 Å². The third-order valence-corrected chi connectivity index (χ3v) is 4.42. The second-order valence-corrected chi connectivity index (χ2v) is 5.60. The lowest BCUT2D eigenvalue weighted by Gasteiger charge is -2.36. The fourth-order valence-corrected chi connectivity index (χ4v) is 3.47. The standard InChI is InChI=1S/C15H21NO/c1-10-5-4-8-12-9-13(17)15(16-14(10)12)11-6-2-3-7-11/h4-5,8,11,13,15-17H,2-3,6-7,9H2,1H3. The van der Waals surface area contributed by atoms with E-state index in [1.54, 1.807) is 0 Å². The van der Waals surface area contributed by atoms with Gasteiger partial charge in [-0.2, -0.15) is 0 Å². The van der Waals surface area contributed by atoms with E-state index in [-0.39, 0.29) is 12.1 Å². The number of aliphatic hydroxyl groups excluding tert-OH is 1. The minimum atomic E-state index is -0.215. The summed E-state index contributed by atoms with van der Waals surface area (Å²) in [5.74, 6) is 0.665. The Morgan fingerprint density at radius 1 is 1.24 bits per heavy atom. The molecule has 0 radical (unpaired) electrons. The van der Waals surface area contributed by atoms with Crippen molar-refractivity contribution >= 4 is 5.69 Å². The molecule has 0 spiro atoms. The summed E-state index contributed by atoms with van der Waals surface area (Å²) < 4.78 is 0. The first-order valence-electron chi connectivity index (χ1n) is 6.79. The van der Waals surface area contributed by atoms with Crippen LogP contribution in [-0.4, -0.2) is 17.3 Å². The van der Waals surface area contributed by atoms with Gasteiger partial charge in [-0.05, 0) is 36.8 Å². The number of fused-ring (bicyclic) bond motifs is 1. The Labute approximate surface area is 103 Å². The van der Waals surface area contributed by atoms with E-state index in [1.165, 1.54) is 42.5 Å². The molecule has 1 fully saturated rings. The van der Waals surface area contributed by atoms with Crippen molar-refractivity contribution in [1.82, 2.24) is 0 Å². The van der Waals surface area contributed by atoms with Gasteiger partial charge in [-0.1, -0.05) is 31.0 Å². The summed E-state index contributed by atoms with van der Waals surface area (Å²) in [6.07, 6.45) is 5.80. The second-order valence-electron chi connectivity index (χ2n) is 5.60. The molecule has 3 rings (SSSR count). The summed E-state index contributed by atoms with van der Waals surface area (Å²) in [4.78, 5) is 0. The fraction of sp³-hybridized carbons (Fsp3) is 0.600. The molecule has 2 heteroatoms. The maximum atomic E-state index is 10.3. The summed E-state index contributed by atoms with van der Waals surface area (Å²) in [6.45, 7) is 2.15. The average molecular weight is 231 g/mol. The monoisotopic (exact) mass is 231 g/mol. The summed E-state index contributed by atoms with van der Waals surface area (Å²) >= 11 is 0. The molecular formula is C15H21NO. The van der Waals surface area contributed by atoms with Gasteiger partial charge in [-0.3, -0.25) is 0 Å². The van der Waals surface area contributed by atoms with Crippen molar-refractivity contribution in [1.29, 1.82) is 0 Å². The summed E-state index contributed by atoms with van der Waals surface area (Å²) in [7, 11) is 0. The van der Waals surface area contributed by atoms with Crippen molar-refractivity contribution < 1.29 is 5.11 Å². The van der Waals surface area contributed by atoms with E-state index in [4.69, 9.17) is 0 Å². The molecule has 17 heavy (non-hydrogen) atoms. The number of aryl methyl sites for hydroxylation is 1. The zero-order chi connectivity index (χ0) is 11.8. The zero-order valence-corrected chi connectivity index (χ0v) is 10.4. The molecule has 1 aromatic carbocycles. The number of nitrogens with one attached hydrogen (secondary N) is 1. The van der Waals surface area contributed by atoms with Gasteiger partial charge < -0.3 is 10.4 Å². The topological polar surface area (TPSA) is 32.3 Å². The molecule has 1 aliphatic heterocycles. The Kier molecular flexibility index (Phi) is 2.83. The SMILES string of the molecule is Cc1cccc2c1NC(C1CCCC1)C(O)C2. The van der Waals surface area contributed by atoms with Gasteiger partial charge in [0.2, 0.25) is 0 Å². The van der Waals surface area contributed by atoms with Crippen LogP contribution in [0.4, 0.5) is 5.69 Å². The van der Waals surface area contributed by atoms with Crippen molar-refractivity contribution in [3.05, 3.63) is 29.3 Å². The molecule has 2 atom stereocenters. The van der Waals surface area contributed by atoms with E-state index in [0.717, 1.165) is 6.42 Å². The van der Waals surface area contributed by atoms with Crippen LogP contribution in [0.15, 0.2) is 18.2 Å². The molecule has 2 aliphatic rings. The van der Waals surface area contributed by atoms with Crippen LogP contribution in [0, 0.1) is 12.8 Å². The van der Waals surface area contributed by atoms with Crippen LogP contribution in [0.25, 0.3) is 0 Å². The minimum absolute atomic E-state index is 0.215. The molecule has 0 amide bonds. The Morgan fingerprint density at radius 3 is 2.76 bits per heavy atom. The summed E-state index contributed by atoms with van der Waals surface area (Å²) in [5, 5.41) is 13.9. The molecule has 1 aromatic rings. The third-order valence-electron chi connectivity index (χ3n) is 4.42. The molecule has 0 saturated heterocycles. The predicted octanol–water partition coefficient (Wildman–Crippen LogP) is 2.88. The number of hydrogen-bond acceptors (Lipinski definition) is 2. The molecule has 2 N–H and O–H groups in total. The second kappa shape index (κ2) is 4.34. The Bertz CT molecular complexity index is 409. The lowest BCUT2D eigenvalue weighted by Crippen LogP contribution is -2.44. The fourth-order valence-electron chi connectivity index (χ4n) is 3.47. The van der Waals surface area contributed by atoms with E-state index in [9.17, 15) is 5.11 Å². The van der Waals surface area contributed by atoms with Crippen molar-refractivity contribution in [2.75, 3.05) is 5.32 Å². The predicted molar refractivity (Wildman–Crippen MR) is 70.3 cm³/mol. The Morgan fingerprint density at radius 2 is 2.00 bits per heavy atom. The van der Waals surface area contributed by atoms with Crippen molar-refractivity contribution in [2.24, 2.45) is 5.92 Å². The molecule has 2 nitrogen and oxygen atoms in total. The summed E-state index contributed by atoms with van der Waals surface area (Å²) in [5.41, 5.74) is 3.85. The first-order chi connectivity index (χ1) is 8.25. The maximum absolute atomic E-state index is 10.3. The lowest BCUT2D eigenvalue weighted by atomic mass is 9.85. The third kappa shape index (κ3) is 1.95. The molecule has 0 bridgehead atoms. The molecule has 92 valence electrons.